The molecule has 0 aliphatic carbocycles. The second kappa shape index (κ2) is 7.25. The van der Waals surface area contributed by atoms with Crippen LogP contribution >= 0.6 is 0 Å². The molecule has 3 nitrogen and oxygen atoms in total. The molecule has 0 spiro atoms. The van der Waals surface area contributed by atoms with Crippen LogP contribution in [0.1, 0.15) is 19.1 Å². The van der Waals surface area contributed by atoms with E-state index in [9.17, 15) is 0 Å². The van der Waals surface area contributed by atoms with Gasteiger partial charge in [0, 0.05) is 13.1 Å². The van der Waals surface area contributed by atoms with Crippen LogP contribution in [-0.4, -0.2) is 31.6 Å². The maximum Gasteiger partial charge on any atom is 0.117 e. The molecule has 1 N–H and O–H groups in total. The van der Waals surface area contributed by atoms with Crippen LogP contribution in [0.2, 0.25) is 0 Å². The predicted octanol–water partition coefficient (Wildman–Crippen LogP) is 2.27. The van der Waals surface area contributed by atoms with E-state index in [0.717, 1.165) is 38.4 Å². The minimum absolute atomic E-state index is 0.833. The van der Waals surface area contributed by atoms with Crippen molar-refractivity contribution in [1.29, 1.82) is 0 Å². The second-order valence-corrected chi connectivity index (χ2v) is 4.18. The van der Waals surface area contributed by atoms with Crippen molar-refractivity contribution in [3.8, 4) is 0 Å². The second-order valence-electron chi connectivity index (χ2n) is 4.18. The van der Waals surface area contributed by atoms with E-state index < -0.39 is 0 Å². The van der Waals surface area contributed by atoms with E-state index in [2.05, 4.69) is 30.8 Å². The summed E-state index contributed by atoms with van der Waals surface area (Å²) in [4.78, 5) is 2.20. The SMILES string of the molecule is C=C(CNCCC)CN(C)Cc1ccco1. The van der Waals surface area contributed by atoms with Crippen molar-refractivity contribution in [3.63, 3.8) is 0 Å². The first kappa shape index (κ1) is 13.0. The summed E-state index contributed by atoms with van der Waals surface area (Å²) in [7, 11) is 2.08. The van der Waals surface area contributed by atoms with E-state index in [1.807, 2.05) is 12.1 Å². The van der Waals surface area contributed by atoms with Crippen LogP contribution < -0.4 is 5.32 Å². The lowest BCUT2D eigenvalue weighted by molar-refractivity contribution is 0.314. The molecule has 1 heterocycles. The van der Waals surface area contributed by atoms with Crippen molar-refractivity contribution in [2.75, 3.05) is 26.7 Å². The fourth-order valence-corrected chi connectivity index (χ4v) is 1.60. The monoisotopic (exact) mass is 222 g/mol. The van der Waals surface area contributed by atoms with Crippen LogP contribution in [0.5, 0.6) is 0 Å². The Morgan fingerprint density at radius 3 is 3.00 bits per heavy atom. The summed E-state index contributed by atoms with van der Waals surface area (Å²) in [6, 6.07) is 3.91. The number of nitrogens with zero attached hydrogens (tertiary/aromatic N) is 1. The molecule has 0 aliphatic heterocycles. The lowest BCUT2D eigenvalue weighted by Crippen LogP contribution is -2.26. The number of nitrogens with one attached hydrogen (secondary N) is 1. The standard InChI is InChI=1S/C13H22N2O/c1-4-7-14-9-12(2)10-15(3)11-13-6-5-8-16-13/h5-6,8,14H,2,4,7,9-11H2,1,3H3. The highest BCUT2D eigenvalue weighted by molar-refractivity contribution is 5.02. The van der Waals surface area contributed by atoms with Crippen LogP contribution in [0, 0.1) is 0 Å². The average molecular weight is 222 g/mol. The molecule has 0 saturated heterocycles. The maximum absolute atomic E-state index is 5.30. The van der Waals surface area contributed by atoms with Gasteiger partial charge in [0.25, 0.3) is 0 Å². The largest absolute Gasteiger partial charge is 0.468 e. The number of hydrogen-bond donors (Lipinski definition) is 1. The van der Waals surface area contributed by atoms with Crippen molar-refractivity contribution >= 4 is 0 Å². The molecule has 0 atom stereocenters. The normalized spacial score (nSPS) is 10.9. The first-order valence-electron chi connectivity index (χ1n) is 5.80. The van der Waals surface area contributed by atoms with Crippen LogP contribution in [0.3, 0.4) is 0 Å². The first-order chi connectivity index (χ1) is 7.72. The highest BCUT2D eigenvalue weighted by atomic mass is 16.3. The van der Waals surface area contributed by atoms with Crippen molar-refractivity contribution in [1.82, 2.24) is 10.2 Å². The van der Waals surface area contributed by atoms with Gasteiger partial charge in [-0.15, -0.1) is 0 Å². The highest BCUT2D eigenvalue weighted by Crippen LogP contribution is 2.04. The smallest absolute Gasteiger partial charge is 0.117 e. The van der Waals surface area contributed by atoms with E-state index in [1.165, 1.54) is 5.57 Å². The Bertz CT molecular complexity index is 293. The van der Waals surface area contributed by atoms with Crippen molar-refractivity contribution in [3.05, 3.63) is 36.3 Å². The molecule has 0 bridgehead atoms. The van der Waals surface area contributed by atoms with Crippen LogP contribution in [0.25, 0.3) is 0 Å². The van der Waals surface area contributed by atoms with Gasteiger partial charge >= 0.3 is 0 Å². The van der Waals surface area contributed by atoms with Gasteiger partial charge in [-0.05, 0) is 37.7 Å². The van der Waals surface area contributed by atoms with E-state index >= 15 is 0 Å². The van der Waals surface area contributed by atoms with E-state index in [-0.39, 0.29) is 0 Å². The first-order valence-corrected chi connectivity index (χ1v) is 5.80. The molecule has 0 unspecified atom stereocenters. The Balaban J connectivity index is 2.18. The zero-order chi connectivity index (χ0) is 11.8. The van der Waals surface area contributed by atoms with Crippen LogP contribution in [0.4, 0.5) is 0 Å². The van der Waals surface area contributed by atoms with Gasteiger partial charge in [0.15, 0.2) is 0 Å². The Hall–Kier alpha value is -1.06. The number of hydrogen-bond acceptors (Lipinski definition) is 3. The van der Waals surface area contributed by atoms with E-state index in [4.69, 9.17) is 4.42 Å². The van der Waals surface area contributed by atoms with E-state index in [1.54, 1.807) is 6.26 Å². The molecule has 3 heteroatoms. The van der Waals surface area contributed by atoms with Crippen LogP contribution in [-0.2, 0) is 6.54 Å². The minimum Gasteiger partial charge on any atom is -0.468 e. The Labute approximate surface area is 98.1 Å². The summed E-state index contributed by atoms with van der Waals surface area (Å²) < 4.78 is 5.30. The molecular formula is C13H22N2O. The van der Waals surface area contributed by atoms with Gasteiger partial charge in [0.05, 0.1) is 12.8 Å². The molecule has 0 amide bonds. The predicted molar refractivity (Wildman–Crippen MR) is 67.3 cm³/mol. The lowest BCUT2D eigenvalue weighted by Gasteiger charge is -2.17. The zero-order valence-corrected chi connectivity index (χ0v) is 10.3. The summed E-state index contributed by atoms with van der Waals surface area (Å²) in [5, 5.41) is 3.35. The molecule has 1 aromatic heterocycles. The van der Waals surface area contributed by atoms with Gasteiger partial charge in [-0.1, -0.05) is 13.5 Å². The van der Waals surface area contributed by atoms with Gasteiger partial charge in [-0.25, -0.2) is 0 Å². The molecule has 0 aromatic carbocycles. The van der Waals surface area contributed by atoms with Gasteiger partial charge < -0.3 is 9.73 Å². The third kappa shape index (κ3) is 5.14. The van der Waals surface area contributed by atoms with Gasteiger partial charge in [0.2, 0.25) is 0 Å². The minimum atomic E-state index is 0.833. The van der Waals surface area contributed by atoms with Crippen molar-refractivity contribution in [2.24, 2.45) is 0 Å². The highest BCUT2D eigenvalue weighted by Gasteiger charge is 2.03. The summed E-state index contributed by atoms with van der Waals surface area (Å²) in [6.45, 7) is 9.92. The van der Waals surface area contributed by atoms with Gasteiger partial charge in [-0.3, -0.25) is 4.90 Å². The zero-order valence-electron chi connectivity index (χ0n) is 10.3. The summed E-state index contributed by atoms with van der Waals surface area (Å²) in [5.74, 6) is 0.997. The van der Waals surface area contributed by atoms with Crippen molar-refractivity contribution in [2.45, 2.75) is 19.9 Å². The van der Waals surface area contributed by atoms with Gasteiger partial charge in [-0.2, -0.15) is 0 Å². The average Bonchev–Trinajstić information content (AvgIpc) is 2.70. The summed E-state index contributed by atoms with van der Waals surface area (Å²) >= 11 is 0. The molecular weight excluding hydrogens is 200 g/mol. The lowest BCUT2D eigenvalue weighted by atomic mass is 10.2. The molecule has 0 radical (unpaired) electrons. The van der Waals surface area contributed by atoms with Crippen LogP contribution in [0.15, 0.2) is 35.0 Å². The Morgan fingerprint density at radius 2 is 2.38 bits per heavy atom. The van der Waals surface area contributed by atoms with Crippen molar-refractivity contribution < 1.29 is 4.42 Å². The molecule has 16 heavy (non-hydrogen) atoms. The summed E-state index contributed by atoms with van der Waals surface area (Å²) in [6.07, 6.45) is 2.87. The maximum atomic E-state index is 5.30. The molecule has 0 aliphatic rings. The fraction of sp³-hybridized carbons (Fsp3) is 0.538. The molecule has 90 valence electrons. The number of furan rings is 1. The Kier molecular flexibility index (Phi) is 5.90. The van der Waals surface area contributed by atoms with Gasteiger partial charge in [0.1, 0.15) is 5.76 Å². The number of likely N-dealkylation sites (N-methyl/N-ethyl adjacent to an activating group) is 1. The fourth-order valence-electron chi connectivity index (χ4n) is 1.60. The Morgan fingerprint density at radius 1 is 1.56 bits per heavy atom. The third-order valence-corrected chi connectivity index (χ3v) is 2.30. The quantitative estimate of drug-likeness (QED) is 0.540. The number of rotatable bonds is 8. The van der Waals surface area contributed by atoms with E-state index in [0.29, 0.717) is 0 Å². The topological polar surface area (TPSA) is 28.4 Å². The third-order valence-electron chi connectivity index (χ3n) is 2.30. The molecule has 0 saturated carbocycles. The molecule has 1 aromatic rings. The molecule has 1 rings (SSSR count). The summed E-state index contributed by atoms with van der Waals surface area (Å²) in [5.41, 5.74) is 1.21. The molecule has 0 fully saturated rings.